The number of methoxy groups -OCH3 is 1. The molecule has 0 amide bonds. The number of hydrazone groups is 1. The third-order valence-corrected chi connectivity index (χ3v) is 7.04. The van der Waals surface area contributed by atoms with Crippen molar-refractivity contribution in [3.63, 3.8) is 0 Å². The molecule has 0 aromatic heterocycles. The molecule has 2 bridgehead atoms. The summed E-state index contributed by atoms with van der Waals surface area (Å²) in [6, 6.07) is 6.88. The number of carbonyl (C=O) groups is 1. The summed E-state index contributed by atoms with van der Waals surface area (Å²) in [5.41, 5.74) is 0.901. The predicted octanol–water partition coefficient (Wildman–Crippen LogP) is 3.78. The number of benzene rings is 1. The lowest BCUT2D eigenvalue weighted by atomic mass is 9.81. The van der Waals surface area contributed by atoms with Crippen LogP contribution in [0.15, 0.2) is 29.4 Å². The van der Waals surface area contributed by atoms with E-state index in [2.05, 4.69) is 10.4 Å². The summed E-state index contributed by atoms with van der Waals surface area (Å²) in [6.45, 7) is 3.62. The van der Waals surface area contributed by atoms with Crippen LogP contribution in [-0.2, 0) is 16.0 Å². The molecule has 8 heteroatoms. The highest BCUT2D eigenvalue weighted by Gasteiger charge is 2.49. The van der Waals surface area contributed by atoms with Crippen LogP contribution in [0.1, 0.15) is 31.7 Å². The van der Waals surface area contributed by atoms with Gasteiger partial charge in [0.2, 0.25) is 0 Å². The lowest BCUT2D eigenvalue weighted by Gasteiger charge is -2.31. The van der Waals surface area contributed by atoms with Gasteiger partial charge in [-0.15, -0.1) is 0 Å². The van der Waals surface area contributed by atoms with Gasteiger partial charge >= 0.3 is 12.1 Å². The number of esters is 1. The van der Waals surface area contributed by atoms with Crippen molar-refractivity contribution in [2.24, 2.45) is 28.8 Å². The molecule has 2 heterocycles. The van der Waals surface area contributed by atoms with Gasteiger partial charge in [-0.05, 0) is 67.8 Å². The molecule has 1 unspecified atom stereocenters. The molecule has 4 rings (SSSR count). The molecule has 0 radical (unpaired) electrons. The fourth-order valence-corrected chi connectivity index (χ4v) is 5.35. The number of hydrogen-bond acceptors (Lipinski definition) is 5. The monoisotopic (exact) mass is 423 g/mol. The zero-order valence-electron chi connectivity index (χ0n) is 17.3. The van der Waals surface area contributed by atoms with Crippen molar-refractivity contribution < 1.29 is 22.7 Å². The van der Waals surface area contributed by atoms with Gasteiger partial charge < -0.3 is 10.1 Å². The van der Waals surface area contributed by atoms with E-state index in [1.807, 2.05) is 24.3 Å². The van der Waals surface area contributed by atoms with Crippen LogP contribution in [0.3, 0.4) is 0 Å². The van der Waals surface area contributed by atoms with E-state index in [-0.39, 0.29) is 6.42 Å². The topological polar surface area (TPSA) is 53.9 Å². The average molecular weight is 423 g/mol. The van der Waals surface area contributed by atoms with Crippen molar-refractivity contribution in [2.45, 2.75) is 44.8 Å². The molecule has 5 nitrogen and oxygen atoms in total. The van der Waals surface area contributed by atoms with Gasteiger partial charge in [-0.25, -0.2) is 0 Å². The minimum Gasteiger partial charge on any atom is -0.469 e. The number of carbonyl (C=O) groups excluding carboxylic acids is 1. The van der Waals surface area contributed by atoms with E-state index in [4.69, 9.17) is 4.74 Å². The molecule has 2 aliphatic heterocycles. The number of anilines is 1. The molecule has 1 aliphatic carbocycles. The van der Waals surface area contributed by atoms with Gasteiger partial charge in [-0.1, -0.05) is 19.1 Å². The Morgan fingerprint density at radius 1 is 1.20 bits per heavy atom. The van der Waals surface area contributed by atoms with Gasteiger partial charge in [-0.3, -0.25) is 9.80 Å². The minimum absolute atomic E-state index is 0.152. The maximum atomic E-state index is 13.4. The highest BCUT2D eigenvalue weighted by atomic mass is 19.4. The zero-order chi connectivity index (χ0) is 21.5. The predicted molar refractivity (Wildman–Crippen MR) is 108 cm³/mol. The first-order chi connectivity index (χ1) is 14.3. The molecule has 5 atom stereocenters. The first-order valence-corrected chi connectivity index (χ1v) is 10.6. The second kappa shape index (κ2) is 8.21. The van der Waals surface area contributed by atoms with Gasteiger partial charge in [0.05, 0.1) is 25.3 Å². The molecule has 3 aliphatic rings. The maximum absolute atomic E-state index is 13.4. The van der Waals surface area contributed by atoms with Crippen molar-refractivity contribution >= 4 is 17.4 Å². The Bertz CT molecular complexity index is 793. The summed E-state index contributed by atoms with van der Waals surface area (Å²) >= 11 is 0. The van der Waals surface area contributed by atoms with Crippen molar-refractivity contribution in [3.8, 4) is 0 Å². The van der Waals surface area contributed by atoms with Gasteiger partial charge in [0.15, 0.2) is 0 Å². The van der Waals surface area contributed by atoms with Crippen molar-refractivity contribution in [3.05, 3.63) is 29.8 Å². The molecule has 1 N–H and O–H groups in total. The summed E-state index contributed by atoms with van der Waals surface area (Å²) in [7, 11) is 1.24. The number of halogens is 3. The van der Waals surface area contributed by atoms with Crippen LogP contribution in [0.5, 0.6) is 0 Å². The highest BCUT2D eigenvalue weighted by Crippen LogP contribution is 2.41. The number of rotatable bonds is 5. The SMILES string of the molecule is COC(=O)C[C@H]1[C@H](C)C(C(F)(F)F)=NN1c1ccc(CC2[C@@H]3CC[C@H]2CNC3)cc1. The van der Waals surface area contributed by atoms with E-state index in [9.17, 15) is 18.0 Å². The Kier molecular flexibility index (Phi) is 5.79. The second-order valence-electron chi connectivity index (χ2n) is 8.75. The number of hydrogen-bond donors (Lipinski definition) is 1. The van der Waals surface area contributed by atoms with Gasteiger partial charge in [0.1, 0.15) is 5.71 Å². The molecule has 30 heavy (non-hydrogen) atoms. The van der Waals surface area contributed by atoms with Crippen LogP contribution >= 0.6 is 0 Å². The number of piperidine rings is 1. The van der Waals surface area contributed by atoms with Gasteiger partial charge in [0, 0.05) is 5.92 Å². The molecular weight excluding hydrogens is 395 g/mol. The number of nitrogens with one attached hydrogen (secondary N) is 1. The van der Waals surface area contributed by atoms with Crippen molar-refractivity contribution in [1.29, 1.82) is 0 Å². The summed E-state index contributed by atoms with van der Waals surface area (Å²) < 4.78 is 44.9. The van der Waals surface area contributed by atoms with Crippen LogP contribution in [0, 0.1) is 23.7 Å². The quantitative estimate of drug-likeness (QED) is 0.733. The zero-order valence-corrected chi connectivity index (χ0v) is 17.3. The Labute approximate surface area is 174 Å². The fourth-order valence-electron chi connectivity index (χ4n) is 5.35. The number of nitrogens with zero attached hydrogens (tertiary/aromatic N) is 2. The van der Waals surface area contributed by atoms with Crippen LogP contribution in [0.25, 0.3) is 0 Å². The third kappa shape index (κ3) is 4.06. The molecule has 164 valence electrons. The van der Waals surface area contributed by atoms with Crippen molar-refractivity contribution in [1.82, 2.24) is 5.32 Å². The van der Waals surface area contributed by atoms with Gasteiger partial charge in [0.25, 0.3) is 0 Å². The molecule has 2 fully saturated rings. The number of ether oxygens (including phenoxy) is 1. The number of fused-ring (bicyclic) bond motifs is 2. The van der Waals surface area contributed by atoms with E-state index < -0.39 is 29.8 Å². The summed E-state index contributed by atoms with van der Waals surface area (Å²) in [4.78, 5) is 11.8. The molecule has 1 saturated carbocycles. The van der Waals surface area contributed by atoms with Crippen molar-refractivity contribution in [2.75, 3.05) is 25.2 Å². The fraction of sp³-hybridized carbons (Fsp3) is 0.636. The first kappa shape index (κ1) is 21.2. The molecular formula is C22H28F3N3O2. The Balaban J connectivity index is 1.53. The highest BCUT2D eigenvalue weighted by molar-refractivity contribution is 5.96. The van der Waals surface area contributed by atoms with E-state index in [1.165, 1.54) is 37.4 Å². The minimum atomic E-state index is -4.53. The van der Waals surface area contributed by atoms with E-state index in [1.54, 1.807) is 0 Å². The first-order valence-electron chi connectivity index (χ1n) is 10.6. The third-order valence-electron chi connectivity index (χ3n) is 7.04. The largest absolute Gasteiger partial charge is 0.469 e. The lowest BCUT2D eigenvalue weighted by Crippen LogP contribution is -2.39. The van der Waals surface area contributed by atoms with E-state index in [0.717, 1.165) is 19.5 Å². The van der Waals surface area contributed by atoms with E-state index >= 15 is 0 Å². The Hall–Kier alpha value is -2.09. The number of alkyl halides is 3. The average Bonchev–Trinajstić information content (AvgIpc) is 3.13. The molecule has 0 spiro atoms. The van der Waals surface area contributed by atoms with Gasteiger partial charge in [-0.2, -0.15) is 18.3 Å². The summed E-state index contributed by atoms with van der Waals surface area (Å²) in [5.74, 6) is 0.630. The molecule has 1 aromatic carbocycles. The molecule has 1 aromatic rings. The normalized spacial score (nSPS) is 31.0. The smallest absolute Gasteiger partial charge is 0.431 e. The Morgan fingerprint density at radius 3 is 2.40 bits per heavy atom. The lowest BCUT2D eigenvalue weighted by molar-refractivity contribution is -0.141. The maximum Gasteiger partial charge on any atom is 0.431 e. The Morgan fingerprint density at radius 2 is 1.83 bits per heavy atom. The summed E-state index contributed by atoms with van der Waals surface area (Å²) in [5, 5.41) is 8.71. The molecule has 1 saturated heterocycles. The standard InChI is InChI=1S/C22H28F3N3O2/c1-13-19(10-20(29)30-2)28(27-21(13)22(23,24)25)17-7-3-14(4-8-17)9-18-15-5-6-16(18)12-26-11-15/h3-4,7-8,13,15-16,18-19,26H,5-6,9-12H2,1-2H3/t13-,15-,16+,18?,19-/m0/s1. The van der Waals surface area contributed by atoms with Crippen LogP contribution in [-0.4, -0.2) is 44.1 Å². The second-order valence-corrected chi connectivity index (χ2v) is 8.75. The van der Waals surface area contributed by atoms with Crippen LogP contribution in [0.2, 0.25) is 0 Å². The van der Waals surface area contributed by atoms with Crippen LogP contribution < -0.4 is 10.3 Å². The van der Waals surface area contributed by atoms with Crippen LogP contribution in [0.4, 0.5) is 18.9 Å². The summed E-state index contributed by atoms with van der Waals surface area (Å²) in [6.07, 6.45) is -1.14. The van der Waals surface area contributed by atoms with E-state index in [0.29, 0.717) is 23.4 Å².